The van der Waals surface area contributed by atoms with Crippen molar-refractivity contribution < 1.29 is 9.32 Å². The van der Waals surface area contributed by atoms with Gasteiger partial charge in [-0.25, -0.2) is 9.78 Å². The minimum Gasteiger partial charge on any atom is -0.361 e. The molecule has 3 aromatic heterocycles. The highest BCUT2D eigenvalue weighted by atomic mass is 16.5. The summed E-state index contributed by atoms with van der Waals surface area (Å²) in [6.07, 6.45) is 2.35. The lowest BCUT2D eigenvalue weighted by Crippen LogP contribution is -2.35. The van der Waals surface area contributed by atoms with E-state index in [1.54, 1.807) is 22.4 Å². The van der Waals surface area contributed by atoms with E-state index in [0.717, 1.165) is 33.7 Å². The molecule has 5 rings (SSSR count). The van der Waals surface area contributed by atoms with Crippen molar-refractivity contribution in [2.75, 3.05) is 6.54 Å². The first-order valence-electron chi connectivity index (χ1n) is 11.5. The zero-order valence-corrected chi connectivity index (χ0v) is 20.3. The summed E-state index contributed by atoms with van der Waals surface area (Å²) in [6.45, 7) is 10.0. The zero-order valence-electron chi connectivity index (χ0n) is 20.3. The van der Waals surface area contributed by atoms with Crippen LogP contribution in [-0.2, 0) is 26.6 Å². The number of imidazole rings is 1. The number of fused-ring (bicyclic) bond motifs is 2. The normalized spacial score (nSPS) is 14.0. The number of carbonyl (C=O) groups is 1. The lowest BCUT2D eigenvalue weighted by atomic mass is 9.97. The molecule has 1 amide bonds. The second-order valence-electron chi connectivity index (χ2n) is 10.3. The molecule has 1 aliphatic rings. The van der Waals surface area contributed by atoms with Gasteiger partial charge in [-0.3, -0.25) is 13.9 Å². The smallest absolute Gasteiger partial charge is 0.330 e. The summed E-state index contributed by atoms with van der Waals surface area (Å²) in [5.41, 5.74) is 5.55. The number of aryl methyl sites for hydroxylation is 2. The van der Waals surface area contributed by atoms with E-state index in [1.165, 1.54) is 0 Å². The van der Waals surface area contributed by atoms with Crippen molar-refractivity contribution in [2.45, 2.75) is 47.2 Å². The maximum atomic E-state index is 13.3. The van der Waals surface area contributed by atoms with E-state index in [1.807, 2.05) is 42.2 Å². The van der Waals surface area contributed by atoms with Crippen molar-refractivity contribution in [3.8, 4) is 11.3 Å². The summed E-state index contributed by atoms with van der Waals surface area (Å²) in [6, 6.07) is 9.60. The third-order valence-electron chi connectivity index (χ3n) is 6.36. The molecular formula is C26H29N5O3. The fraction of sp³-hybridized carbons (Fsp3) is 0.385. The second-order valence-corrected chi connectivity index (χ2v) is 10.3. The van der Waals surface area contributed by atoms with Gasteiger partial charge in [-0.05, 0) is 42.2 Å². The number of rotatable bonds is 3. The minimum absolute atomic E-state index is 0.0297. The van der Waals surface area contributed by atoms with Crippen LogP contribution in [0.2, 0.25) is 0 Å². The van der Waals surface area contributed by atoms with Crippen molar-refractivity contribution in [3.05, 3.63) is 69.5 Å². The van der Waals surface area contributed by atoms with E-state index >= 15 is 0 Å². The highest BCUT2D eigenvalue weighted by molar-refractivity contribution is 5.96. The lowest BCUT2D eigenvalue weighted by Gasteiger charge is -2.26. The van der Waals surface area contributed by atoms with Gasteiger partial charge in [0.25, 0.3) is 5.91 Å². The van der Waals surface area contributed by atoms with Crippen LogP contribution < -0.4 is 5.69 Å². The number of pyridine rings is 1. The third-order valence-corrected chi connectivity index (χ3v) is 6.36. The number of aromatic nitrogens is 4. The lowest BCUT2D eigenvalue weighted by molar-refractivity contribution is 0.0729. The van der Waals surface area contributed by atoms with Gasteiger partial charge in [0.1, 0.15) is 5.76 Å². The maximum absolute atomic E-state index is 13.3. The van der Waals surface area contributed by atoms with E-state index in [2.05, 4.69) is 25.9 Å². The average molecular weight is 460 g/mol. The van der Waals surface area contributed by atoms with Crippen LogP contribution in [0.15, 0.2) is 45.8 Å². The maximum Gasteiger partial charge on any atom is 0.330 e. The summed E-state index contributed by atoms with van der Waals surface area (Å²) in [4.78, 5) is 32.8. The van der Waals surface area contributed by atoms with Crippen LogP contribution in [0, 0.1) is 12.3 Å². The van der Waals surface area contributed by atoms with Crippen molar-refractivity contribution in [3.63, 3.8) is 0 Å². The molecule has 0 spiro atoms. The number of hydrogen-bond donors (Lipinski definition) is 0. The molecule has 0 saturated carbocycles. The Hall–Kier alpha value is -3.68. The Morgan fingerprint density at radius 1 is 1.18 bits per heavy atom. The highest BCUT2D eigenvalue weighted by Gasteiger charge is 2.25. The molecule has 0 fully saturated rings. The summed E-state index contributed by atoms with van der Waals surface area (Å²) in [7, 11) is 1.75. The molecule has 176 valence electrons. The summed E-state index contributed by atoms with van der Waals surface area (Å²) >= 11 is 0. The van der Waals surface area contributed by atoms with Crippen LogP contribution in [0.1, 0.15) is 48.0 Å². The van der Waals surface area contributed by atoms with E-state index in [0.29, 0.717) is 37.3 Å². The number of hydrogen-bond acceptors (Lipinski definition) is 5. The molecule has 0 saturated heterocycles. The van der Waals surface area contributed by atoms with E-state index in [-0.39, 0.29) is 17.0 Å². The van der Waals surface area contributed by atoms with Crippen molar-refractivity contribution in [1.29, 1.82) is 0 Å². The van der Waals surface area contributed by atoms with Crippen LogP contribution in [0.3, 0.4) is 0 Å². The standard InChI is InChI=1S/C26H29N5O3/c1-16-6-7-17(24(32)30-11-10-22-18(14-30)13-27-34-22)12-19(16)20-8-9-21-23(28-20)29(5)25(33)31(21)15-26(2,3)4/h6-9,12-13H,10-11,14-15H2,1-5H3. The molecule has 34 heavy (non-hydrogen) atoms. The predicted octanol–water partition coefficient (Wildman–Crippen LogP) is 3.94. The predicted molar refractivity (Wildman–Crippen MR) is 130 cm³/mol. The minimum atomic E-state index is -0.0755. The van der Waals surface area contributed by atoms with Crippen LogP contribution in [0.4, 0.5) is 0 Å². The van der Waals surface area contributed by atoms with Gasteiger partial charge >= 0.3 is 5.69 Å². The molecule has 0 aliphatic carbocycles. The number of nitrogens with zero attached hydrogens (tertiary/aromatic N) is 5. The molecular weight excluding hydrogens is 430 g/mol. The first-order chi connectivity index (χ1) is 16.1. The van der Waals surface area contributed by atoms with Gasteiger partial charge in [0, 0.05) is 43.2 Å². The van der Waals surface area contributed by atoms with E-state index < -0.39 is 0 Å². The Morgan fingerprint density at radius 3 is 2.74 bits per heavy atom. The second kappa shape index (κ2) is 7.97. The van der Waals surface area contributed by atoms with Crippen molar-refractivity contribution in [2.24, 2.45) is 12.5 Å². The van der Waals surface area contributed by atoms with Gasteiger partial charge in [-0.2, -0.15) is 0 Å². The van der Waals surface area contributed by atoms with Gasteiger partial charge in [-0.15, -0.1) is 0 Å². The van der Waals surface area contributed by atoms with Gasteiger partial charge in [-0.1, -0.05) is 32.0 Å². The molecule has 4 heterocycles. The number of amides is 1. The molecule has 1 aliphatic heterocycles. The van der Waals surface area contributed by atoms with Crippen LogP contribution >= 0.6 is 0 Å². The molecule has 8 nitrogen and oxygen atoms in total. The van der Waals surface area contributed by atoms with E-state index in [9.17, 15) is 9.59 Å². The summed E-state index contributed by atoms with van der Waals surface area (Å²) in [5, 5.41) is 3.85. The quantitative estimate of drug-likeness (QED) is 0.463. The fourth-order valence-electron chi connectivity index (χ4n) is 4.58. The summed E-state index contributed by atoms with van der Waals surface area (Å²) in [5.74, 6) is 0.827. The molecule has 0 unspecified atom stereocenters. The highest BCUT2D eigenvalue weighted by Crippen LogP contribution is 2.28. The molecule has 8 heteroatoms. The summed E-state index contributed by atoms with van der Waals surface area (Å²) < 4.78 is 8.62. The Bertz CT molecular complexity index is 1470. The number of carbonyl (C=O) groups excluding carboxylic acids is 1. The molecule has 1 aromatic carbocycles. The van der Waals surface area contributed by atoms with Crippen LogP contribution in [-0.4, -0.2) is 36.6 Å². The molecule has 0 bridgehead atoms. The number of benzene rings is 1. The Labute approximate surface area is 197 Å². The van der Waals surface area contributed by atoms with Gasteiger partial charge in [0.2, 0.25) is 0 Å². The Morgan fingerprint density at radius 2 is 1.97 bits per heavy atom. The van der Waals surface area contributed by atoms with Crippen molar-refractivity contribution >= 4 is 17.1 Å². The first-order valence-corrected chi connectivity index (χ1v) is 11.5. The van der Waals surface area contributed by atoms with Crippen molar-refractivity contribution in [1.82, 2.24) is 24.2 Å². The SMILES string of the molecule is Cc1ccc(C(=O)N2CCc3oncc3C2)cc1-c1ccc2c(n1)n(C)c(=O)n2CC(C)(C)C. The fourth-order valence-corrected chi connectivity index (χ4v) is 4.58. The molecule has 0 atom stereocenters. The molecule has 4 aromatic rings. The first kappa shape index (κ1) is 22.1. The third kappa shape index (κ3) is 3.83. The average Bonchev–Trinajstić information content (AvgIpc) is 3.36. The monoisotopic (exact) mass is 459 g/mol. The molecule has 0 N–H and O–H groups in total. The Kier molecular flexibility index (Phi) is 5.19. The van der Waals surface area contributed by atoms with E-state index in [4.69, 9.17) is 9.51 Å². The Balaban J connectivity index is 1.51. The van der Waals surface area contributed by atoms with Gasteiger partial charge in [0.15, 0.2) is 5.65 Å². The van der Waals surface area contributed by atoms with Gasteiger partial charge < -0.3 is 9.42 Å². The largest absolute Gasteiger partial charge is 0.361 e. The zero-order chi connectivity index (χ0) is 24.2. The molecule has 0 radical (unpaired) electrons. The topological polar surface area (TPSA) is 86.2 Å². The van der Waals surface area contributed by atoms with Gasteiger partial charge in [0.05, 0.1) is 24.0 Å². The van der Waals surface area contributed by atoms with Crippen LogP contribution in [0.5, 0.6) is 0 Å². The van der Waals surface area contributed by atoms with Crippen LogP contribution in [0.25, 0.3) is 22.4 Å².